The van der Waals surface area contributed by atoms with E-state index in [9.17, 15) is 0 Å². The molecule has 2 aromatic rings. The maximum Gasteiger partial charge on any atom is 0.161 e. The van der Waals surface area contributed by atoms with Gasteiger partial charge in [-0.25, -0.2) is 0 Å². The van der Waals surface area contributed by atoms with E-state index in [2.05, 4.69) is 19.1 Å². The van der Waals surface area contributed by atoms with E-state index in [1.165, 1.54) is 4.88 Å². The number of hydrogen-bond donors (Lipinski definition) is 1. The number of aryl methyl sites for hydroxylation is 1. The zero-order valence-electron chi connectivity index (χ0n) is 10.1. The SMILES string of the molecule is Cc1ccc(C(N)C2COc3ccccc3O2)s1. The highest BCUT2D eigenvalue weighted by Gasteiger charge is 2.28. The van der Waals surface area contributed by atoms with E-state index in [0.29, 0.717) is 6.61 Å². The molecule has 0 bridgehead atoms. The van der Waals surface area contributed by atoms with Crippen molar-refractivity contribution < 1.29 is 9.47 Å². The number of thiophene rings is 1. The van der Waals surface area contributed by atoms with Crippen LogP contribution in [-0.2, 0) is 0 Å². The van der Waals surface area contributed by atoms with Crippen molar-refractivity contribution in [1.29, 1.82) is 0 Å². The molecular formula is C14H15NO2S. The van der Waals surface area contributed by atoms with Crippen molar-refractivity contribution in [2.45, 2.75) is 19.1 Å². The summed E-state index contributed by atoms with van der Waals surface area (Å²) in [7, 11) is 0. The highest BCUT2D eigenvalue weighted by Crippen LogP contribution is 2.34. The molecule has 18 heavy (non-hydrogen) atoms. The van der Waals surface area contributed by atoms with E-state index < -0.39 is 0 Å². The first-order valence-corrected chi connectivity index (χ1v) is 6.76. The van der Waals surface area contributed by atoms with Gasteiger partial charge in [0.25, 0.3) is 0 Å². The van der Waals surface area contributed by atoms with E-state index in [1.54, 1.807) is 11.3 Å². The Morgan fingerprint density at radius 3 is 2.72 bits per heavy atom. The van der Waals surface area contributed by atoms with Crippen LogP contribution >= 0.6 is 11.3 Å². The molecule has 0 radical (unpaired) electrons. The van der Waals surface area contributed by atoms with Crippen molar-refractivity contribution in [3.63, 3.8) is 0 Å². The number of nitrogens with two attached hydrogens (primary N) is 1. The predicted molar refractivity (Wildman–Crippen MR) is 72.3 cm³/mol. The smallest absolute Gasteiger partial charge is 0.161 e. The van der Waals surface area contributed by atoms with Crippen molar-refractivity contribution in [1.82, 2.24) is 0 Å². The summed E-state index contributed by atoms with van der Waals surface area (Å²) < 4.78 is 11.6. The quantitative estimate of drug-likeness (QED) is 0.904. The number of rotatable bonds is 2. The van der Waals surface area contributed by atoms with Crippen LogP contribution in [0.4, 0.5) is 0 Å². The summed E-state index contributed by atoms with van der Waals surface area (Å²) in [5.41, 5.74) is 6.25. The lowest BCUT2D eigenvalue weighted by molar-refractivity contribution is 0.0729. The number of para-hydroxylation sites is 2. The minimum Gasteiger partial charge on any atom is -0.486 e. The largest absolute Gasteiger partial charge is 0.486 e. The van der Waals surface area contributed by atoms with E-state index in [1.807, 2.05) is 24.3 Å². The van der Waals surface area contributed by atoms with Crippen molar-refractivity contribution in [2.75, 3.05) is 6.61 Å². The molecule has 1 aliphatic heterocycles. The van der Waals surface area contributed by atoms with Gasteiger partial charge in [-0.2, -0.15) is 0 Å². The summed E-state index contributed by atoms with van der Waals surface area (Å²) in [6, 6.07) is 11.7. The van der Waals surface area contributed by atoms with Crippen LogP contribution in [0.3, 0.4) is 0 Å². The second kappa shape index (κ2) is 4.63. The minimum atomic E-state index is -0.142. The molecule has 94 valence electrons. The van der Waals surface area contributed by atoms with Gasteiger partial charge in [-0.1, -0.05) is 12.1 Å². The molecule has 3 rings (SSSR count). The highest BCUT2D eigenvalue weighted by molar-refractivity contribution is 7.12. The fraction of sp³-hybridized carbons (Fsp3) is 0.286. The molecule has 0 saturated carbocycles. The molecular weight excluding hydrogens is 246 g/mol. The second-order valence-corrected chi connectivity index (χ2v) is 5.71. The van der Waals surface area contributed by atoms with Crippen LogP contribution in [0.1, 0.15) is 15.8 Å². The molecule has 4 heteroatoms. The summed E-state index contributed by atoms with van der Waals surface area (Å²) >= 11 is 1.71. The molecule has 1 aliphatic rings. The summed E-state index contributed by atoms with van der Waals surface area (Å²) in [6.07, 6.45) is -0.127. The fourth-order valence-corrected chi connectivity index (χ4v) is 2.96. The number of fused-ring (bicyclic) bond motifs is 1. The van der Waals surface area contributed by atoms with E-state index in [0.717, 1.165) is 16.4 Å². The van der Waals surface area contributed by atoms with Crippen molar-refractivity contribution in [2.24, 2.45) is 5.73 Å². The maximum absolute atomic E-state index is 6.25. The number of benzene rings is 1. The van der Waals surface area contributed by atoms with Gasteiger partial charge in [0.05, 0.1) is 6.04 Å². The first-order valence-electron chi connectivity index (χ1n) is 5.94. The van der Waals surface area contributed by atoms with Gasteiger partial charge in [-0.3, -0.25) is 0 Å². The summed E-state index contributed by atoms with van der Waals surface area (Å²) in [5, 5.41) is 0. The maximum atomic E-state index is 6.25. The lowest BCUT2D eigenvalue weighted by Crippen LogP contribution is -2.38. The van der Waals surface area contributed by atoms with Gasteiger partial charge in [0.15, 0.2) is 17.6 Å². The van der Waals surface area contributed by atoms with Crippen LogP contribution < -0.4 is 15.2 Å². The monoisotopic (exact) mass is 261 g/mol. The second-order valence-electron chi connectivity index (χ2n) is 4.39. The third-order valence-electron chi connectivity index (χ3n) is 3.02. The molecule has 2 unspecified atom stereocenters. The third kappa shape index (κ3) is 2.09. The van der Waals surface area contributed by atoms with Gasteiger partial charge >= 0.3 is 0 Å². The summed E-state index contributed by atoms with van der Waals surface area (Å²) in [6.45, 7) is 2.57. The molecule has 2 heterocycles. The van der Waals surface area contributed by atoms with Crippen LogP contribution in [0.5, 0.6) is 11.5 Å². The van der Waals surface area contributed by atoms with Gasteiger partial charge < -0.3 is 15.2 Å². The van der Waals surface area contributed by atoms with E-state index >= 15 is 0 Å². The first-order chi connectivity index (χ1) is 8.74. The molecule has 2 atom stereocenters. The Bertz CT molecular complexity index is 552. The minimum absolute atomic E-state index is 0.127. The van der Waals surface area contributed by atoms with Gasteiger partial charge in [-0.05, 0) is 31.2 Å². The lowest BCUT2D eigenvalue weighted by atomic mass is 10.1. The van der Waals surface area contributed by atoms with Crippen LogP contribution in [0.15, 0.2) is 36.4 Å². The normalized spacial score (nSPS) is 19.6. The Morgan fingerprint density at radius 2 is 2.00 bits per heavy atom. The molecule has 0 spiro atoms. The topological polar surface area (TPSA) is 44.5 Å². The average Bonchev–Trinajstić information content (AvgIpc) is 2.84. The molecule has 0 fully saturated rings. The van der Waals surface area contributed by atoms with Crippen LogP contribution in [-0.4, -0.2) is 12.7 Å². The first kappa shape index (κ1) is 11.6. The van der Waals surface area contributed by atoms with E-state index in [4.69, 9.17) is 15.2 Å². The standard InChI is InChI=1S/C14H15NO2S/c1-9-6-7-13(18-9)14(15)12-8-16-10-4-2-3-5-11(10)17-12/h2-7,12,14H,8,15H2,1H3. The van der Waals surface area contributed by atoms with Crippen molar-refractivity contribution in [3.8, 4) is 11.5 Å². The molecule has 0 aliphatic carbocycles. The zero-order chi connectivity index (χ0) is 12.5. The average molecular weight is 261 g/mol. The molecule has 1 aromatic carbocycles. The van der Waals surface area contributed by atoms with Gasteiger partial charge in [0.1, 0.15) is 6.61 Å². The molecule has 0 saturated heterocycles. The van der Waals surface area contributed by atoms with Crippen molar-refractivity contribution in [3.05, 3.63) is 46.2 Å². The zero-order valence-corrected chi connectivity index (χ0v) is 10.9. The van der Waals surface area contributed by atoms with Gasteiger partial charge in [-0.15, -0.1) is 11.3 Å². The molecule has 0 amide bonds. The Morgan fingerprint density at radius 1 is 1.22 bits per heavy atom. The molecule has 3 nitrogen and oxygen atoms in total. The summed E-state index contributed by atoms with van der Waals surface area (Å²) in [5.74, 6) is 1.57. The Balaban J connectivity index is 1.79. The van der Waals surface area contributed by atoms with Gasteiger partial charge in [0, 0.05) is 9.75 Å². The van der Waals surface area contributed by atoms with E-state index in [-0.39, 0.29) is 12.1 Å². The van der Waals surface area contributed by atoms with Crippen LogP contribution in [0, 0.1) is 6.92 Å². The van der Waals surface area contributed by atoms with Gasteiger partial charge in [0.2, 0.25) is 0 Å². The Labute approximate surface area is 110 Å². The highest BCUT2D eigenvalue weighted by atomic mass is 32.1. The van der Waals surface area contributed by atoms with Crippen LogP contribution in [0.25, 0.3) is 0 Å². The fourth-order valence-electron chi connectivity index (χ4n) is 2.03. The van der Waals surface area contributed by atoms with Crippen LogP contribution in [0.2, 0.25) is 0 Å². The molecule has 1 aromatic heterocycles. The number of ether oxygens (including phenoxy) is 2. The summed E-state index contributed by atoms with van der Waals surface area (Å²) in [4.78, 5) is 2.40. The molecule has 2 N–H and O–H groups in total. The third-order valence-corrected chi connectivity index (χ3v) is 4.12. The predicted octanol–water partition coefficient (Wildman–Crippen LogP) is 2.90. The Kier molecular flexibility index (Phi) is 2.97. The number of hydrogen-bond acceptors (Lipinski definition) is 4. The Hall–Kier alpha value is -1.52. The van der Waals surface area contributed by atoms with Crippen molar-refractivity contribution >= 4 is 11.3 Å². The lowest BCUT2D eigenvalue weighted by Gasteiger charge is -2.29.